The van der Waals surface area contributed by atoms with Crippen molar-refractivity contribution in [2.24, 2.45) is 16.1 Å². The van der Waals surface area contributed by atoms with Gasteiger partial charge in [-0.25, -0.2) is 0 Å². The maximum Gasteiger partial charge on any atom is 0.125 e. The van der Waals surface area contributed by atoms with Crippen LogP contribution in [-0.2, 0) is 0 Å². The van der Waals surface area contributed by atoms with E-state index >= 15 is 0 Å². The van der Waals surface area contributed by atoms with E-state index in [0.29, 0.717) is 11.3 Å². The van der Waals surface area contributed by atoms with E-state index in [-0.39, 0.29) is 0 Å². The lowest BCUT2D eigenvalue weighted by Crippen LogP contribution is -2.16. The molecule has 1 aromatic carbocycles. The van der Waals surface area contributed by atoms with Gasteiger partial charge in [0.05, 0.1) is 0 Å². The normalized spacial score (nSPS) is 18.4. The average Bonchev–Trinajstić information content (AvgIpc) is 3.08. The molecule has 1 aromatic rings. The van der Waals surface area contributed by atoms with Gasteiger partial charge in [-0.05, 0) is 24.7 Å². The zero-order valence-electron chi connectivity index (χ0n) is 9.95. The fourth-order valence-corrected chi connectivity index (χ4v) is 2.15. The first-order valence-corrected chi connectivity index (χ1v) is 6.11. The van der Waals surface area contributed by atoms with Crippen LogP contribution in [0.5, 0.6) is 0 Å². The highest BCUT2D eigenvalue weighted by molar-refractivity contribution is 5.97. The van der Waals surface area contributed by atoms with Crippen LogP contribution in [0.3, 0.4) is 0 Å². The number of rotatable bonds is 5. The fourth-order valence-electron chi connectivity index (χ4n) is 2.15. The summed E-state index contributed by atoms with van der Waals surface area (Å²) >= 11 is 0. The van der Waals surface area contributed by atoms with Crippen LogP contribution in [0.25, 0.3) is 0 Å². The van der Waals surface area contributed by atoms with E-state index in [1.165, 1.54) is 25.7 Å². The third kappa shape index (κ3) is 2.63. The third-order valence-electron chi connectivity index (χ3n) is 3.39. The highest BCUT2D eigenvalue weighted by Crippen LogP contribution is 2.49. The van der Waals surface area contributed by atoms with Crippen LogP contribution < -0.4 is 5.73 Å². The number of aliphatic imine (C=N–C) groups is 1. The van der Waals surface area contributed by atoms with Crippen LogP contribution in [0.2, 0.25) is 0 Å². The van der Waals surface area contributed by atoms with E-state index in [1.54, 1.807) is 0 Å². The van der Waals surface area contributed by atoms with E-state index in [0.717, 1.165) is 12.1 Å². The van der Waals surface area contributed by atoms with E-state index < -0.39 is 0 Å². The first kappa shape index (κ1) is 11.2. The van der Waals surface area contributed by atoms with Crippen LogP contribution in [0.15, 0.2) is 35.3 Å². The van der Waals surface area contributed by atoms with Crippen molar-refractivity contribution in [2.75, 3.05) is 6.54 Å². The quantitative estimate of drug-likeness (QED) is 0.596. The van der Waals surface area contributed by atoms with Crippen molar-refractivity contribution in [2.45, 2.75) is 32.6 Å². The topological polar surface area (TPSA) is 38.4 Å². The average molecular weight is 216 g/mol. The van der Waals surface area contributed by atoms with Gasteiger partial charge in [-0.1, -0.05) is 43.7 Å². The lowest BCUT2D eigenvalue weighted by Gasteiger charge is -2.10. The highest BCUT2D eigenvalue weighted by Gasteiger charge is 2.41. The maximum absolute atomic E-state index is 5.98. The molecule has 2 N–H and O–H groups in total. The first-order valence-electron chi connectivity index (χ1n) is 6.11. The smallest absolute Gasteiger partial charge is 0.125 e. The summed E-state index contributed by atoms with van der Waals surface area (Å²) in [6.07, 6.45) is 5.19. The summed E-state index contributed by atoms with van der Waals surface area (Å²) in [7, 11) is 0. The second kappa shape index (κ2) is 4.69. The molecule has 0 amide bonds. The maximum atomic E-state index is 5.98. The summed E-state index contributed by atoms with van der Waals surface area (Å²) < 4.78 is 0. The van der Waals surface area contributed by atoms with Crippen molar-refractivity contribution in [1.82, 2.24) is 0 Å². The second-order valence-corrected chi connectivity index (χ2v) is 4.82. The molecule has 0 unspecified atom stereocenters. The minimum Gasteiger partial charge on any atom is -0.384 e. The van der Waals surface area contributed by atoms with E-state index in [4.69, 9.17) is 5.73 Å². The Morgan fingerprint density at radius 3 is 2.56 bits per heavy atom. The number of benzene rings is 1. The van der Waals surface area contributed by atoms with Crippen molar-refractivity contribution < 1.29 is 0 Å². The van der Waals surface area contributed by atoms with Gasteiger partial charge in [-0.2, -0.15) is 0 Å². The Labute approximate surface area is 97.6 Å². The molecule has 2 heteroatoms. The molecule has 1 fully saturated rings. The number of nitrogens with two attached hydrogens (primary N) is 1. The molecule has 1 saturated carbocycles. The van der Waals surface area contributed by atoms with Crippen LogP contribution in [0.4, 0.5) is 0 Å². The largest absolute Gasteiger partial charge is 0.384 e. The molecule has 0 spiro atoms. The third-order valence-corrected chi connectivity index (χ3v) is 3.39. The van der Waals surface area contributed by atoms with Gasteiger partial charge >= 0.3 is 0 Å². The van der Waals surface area contributed by atoms with Crippen LogP contribution in [0.1, 0.15) is 38.2 Å². The zero-order valence-corrected chi connectivity index (χ0v) is 9.95. The predicted molar refractivity (Wildman–Crippen MR) is 68.6 cm³/mol. The molecule has 86 valence electrons. The molecule has 2 nitrogen and oxygen atoms in total. The summed E-state index contributed by atoms with van der Waals surface area (Å²) in [6.45, 7) is 3.14. The Kier molecular flexibility index (Phi) is 3.28. The lowest BCUT2D eigenvalue weighted by atomic mass is 10.0. The summed E-state index contributed by atoms with van der Waals surface area (Å²) in [5.74, 6) is 0.683. The van der Waals surface area contributed by atoms with Gasteiger partial charge in [0.2, 0.25) is 0 Å². The number of hydrogen-bond donors (Lipinski definition) is 1. The molecule has 0 aromatic heterocycles. The van der Waals surface area contributed by atoms with Crippen LogP contribution in [-0.4, -0.2) is 12.4 Å². The molecule has 0 aliphatic heterocycles. The van der Waals surface area contributed by atoms with Crippen molar-refractivity contribution in [1.29, 1.82) is 0 Å². The summed E-state index contributed by atoms with van der Waals surface area (Å²) in [5, 5.41) is 0. The monoisotopic (exact) mass is 216 g/mol. The van der Waals surface area contributed by atoms with Crippen LogP contribution >= 0.6 is 0 Å². The molecule has 1 aliphatic rings. The molecule has 0 heterocycles. The van der Waals surface area contributed by atoms with Crippen LogP contribution in [0, 0.1) is 5.41 Å². The van der Waals surface area contributed by atoms with Gasteiger partial charge < -0.3 is 5.73 Å². The van der Waals surface area contributed by atoms with Crippen molar-refractivity contribution in [3.63, 3.8) is 0 Å². The molecule has 0 bridgehead atoms. The number of amidine groups is 1. The highest BCUT2D eigenvalue weighted by atomic mass is 14.9. The van der Waals surface area contributed by atoms with Gasteiger partial charge in [0.15, 0.2) is 0 Å². The van der Waals surface area contributed by atoms with Gasteiger partial charge in [-0.3, -0.25) is 4.99 Å². The molecule has 0 saturated heterocycles. The predicted octanol–water partition coefficient (Wildman–Crippen LogP) is 2.97. The Bertz CT molecular complexity index is 364. The Morgan fingerprint density at radius 1 is 1.31 bits per heavy atom. The van der Waals surface area contributed by atoms with Gasteiger partial charge in [0.1, 0.15) is 5.84 Å². The molecular weight excluding hydrogens is 196 g/mol. The number of hydrogen-bond acceptors (Lipinski definition) is 1. The standard InChI is InChI=1S/C14H20N2/c1-2-8-14(9-10-14)11-16-13(15)12-6-4-3-5-7-12/h3-7H,2,8-11H2,1H3,(H2,15,16). The summed E-state index contributed by atoms with van der Waals surface area (Å²) in [4.78, 5) is 4.54. The van der Waals surface area contributed by atoms with Crippen molar-refractivity contribution in [3.8, 4) is 0 Å². The van der Waals surface area contributed by atoms with Crippen molar-refractivity contribution >= 4 is 5.84 Å². The minimum absolute atomic E-state index is 0.494. The molecular formula is C14H20N2. The number of nitrogens with zero attached hydrogens (tertiary/aromatic N) is 1. The van der Waals surface area contributed by atoms with Gasteiger partial charge in [0, 0.05) is 12.1 Å². The Hall–Kier alpha value is -1.31. The van der Waals surface area contributed by atoms with E-state index in [9.17, 15) is 0 Å². The minimum atomic E-state index is 0.494. The molecule has 0 atom stereocenters. The zero-order chi connectivity index (χ0) is 11.4. The lowest BCUT2D eigenvalue weighted by molar-refractivity contribution is 0.473. The van der Waals surface area contributed by atoms with Gasteiger partial charge in [0.25, 0.3) is 0 Å². The molecule has 1 aliphatic carbocycles. The molecule has 2 rings (SSSR count). The van der Waals surface area contributed by atoms with Crippen molar-refractivity contribution in [3.05, 3.63) is 35.9 Å². The fraction of sp³-hybridized carbons (Fsp3) is 0.500. The van der Waals surface area contributed by atoms with E-state index in [2.05, 4.69) is 11.9 Å². The Balaban J connectivity index is 1.98. The first-order chi connectivity index (χ1) is 7.76. The summed E-state index contributed by atoms with van der Waals surface area (Å²) in [6, 6.07) is 10.0. The Morgan fingerprint density at radius 2 is 2.00 bits per heavy atom. The molecule has 16 heavy (non-hydrogen) atoms. The summed E-state index contributed by atoms with van der Waals surface area (Å²) in [5.41, 5.74) is 7.51. The second-order valence-electron chi connectivity index (χ2n) is 4.82. The SMILES string of the molecule is CCCC1(CN=C(N)c2ccccc2)CC1. The van der Waals surface area contributed by atoms with Gasteiger partial charge in [-0.15, -0.1) is 0 Å². The van der Waals surface area contributed by atoms with E-state index in [1.807, 2.05) is 30.3 Å². The molecule has 0 radical (unpaired) electrons.